The number of ketones is 1. The lowest BCUT2D eigenvalue weighted by atomic mass is 10.1. The molecule has 0 aromatic heterocycles. The Hall–Kier alpha value is -6.10. The molecular weight excluding hydrogens is 684 g/mol. The number of aryl methyl sites for hydroxylation is 2. The SMILES string of the molecule is CC(=O)CCCOc1cc2c(cc1C)C(=O)N1c3ccccc3CC1C=N2.Cc1cc2c(cc1OCCCC(=O)O)N=CC1Cc3ccccc3N1C2=O. The highest BCUT2D eigenvalue weighted by molar-refractivity contribution is 6.15. The standard InChI is InChI=1S/C22H22N2O3.C21H20N2O4/c1-14-10-18-19(12-21(14)27-9-5-6-15(2)25)23-13-17-11-16-7-3-4-8-20(16)24(17)22(18)26;1-13-9-16-17(11-19(13)27-8-4-7-20(24)25)22-12-15-10-14-5-2-3-6-18(14)23(15)21(16)26/h3-4,7-8,10,12-13,17H,5-6,9,11H2,1-2H3;2-3,5-6,9,11-12,15H,4,7-8,10H2,1H3,(H,24,25). The van der Waals surface area contributed by atoms with Crippen molar-refractivity contribution in [2.24, 2.45) is 9.98 Å². The van der Waals surface area contributed by atoms with Crippen molar-refractivity contribution in [2.45, 2.75) is 71.4 Å². The number of Topliss-reactive ketones (excluding diaryl/α,β-unsaturated/α-hetero) is 1. The van der Waals surface area contributed by atoms with Gasteiger partial charge in [-0.05, 0) is 80.1 Å². The molecule has 0 spiro atoms. The number of carbonyl (C=O) groups is 4. The molecular formula is C43H42N4O7. The first-order valence-corrected chi connectivity index (χ1v) is 18.3. The van der Waals surface area contributed by atoms with Gasteiger partial charge in [-0.3, -0.25) is 34.2 Å². The van der Waals surface area contributed by atoms with Gasteiger partial charge < -0.3 is 19.4 Å². The van der Waals surface area contributed by atoms with Gasteiger partial charge >= 0.3 is 5.97 Å². The lowest BCUT2D eigenvalue weighted by Gasteiger charge is -2.21. The highest BCUT2D eigenvalue weighted by atomic mass is 16.5. The molecule has 0 radical (unpaired) electrons. The zero-order valence-electron chi connectivity index (χ0n) is 30.6. The van der Waals surface area contributed by atoms with Crippen molar-refractivity contribution < 1.29 is 33.8 Å². The summed E-state index contributed by atoms with van der Waals surface area (Å²) >= 11 is 0. The Morgan fingerprint density at radius 1 is 0.704 bits per heavy atom. The number of aliphatic carboxylic acids is 1. The fourth-order valence-corrected chi connectivity index (χ4v) is 7.31. The topological polar surface area (TPSA) is 138 Å². The van der Waals surface area contributed by atoms with Crippen molar-refractivity contribution in [3.05, 3.63) is 106 Å². The van der Waals surface area contributed by atoms with Crippen molar-refractivity contribution in [1.82, 2.24) is 0 Å². The van der Waals surface area contributed by atoms with Gasteiger partial charge in [0.1, 0.15) is 17.3 Å². The van der Waals surface area contributed by atoms with Gasteiger partial charge in [0.2, 0.25) is 0 Å². The molecule has 54 heavy (non-hydrogen) atoms. The number of fused-ring (bicyclic) bond motifs is 8. The van der Waals surface area contributed by atoms with Gasteiger partial charge in [0.15, 0.2) is 0 Å². The number of carboxylic acids is 1. The summed E-state index contributed by atoms with van der Waals surface area (Å²) in [5.41, 5.74) is 8.34. The second-order valence-electron chi connectivity index (χ2n) is 14.0. The predicted molar refractivity (Wildman–Crippen MR) is 208 cm³/mol. The van der Waals surface area contributed by atoms with Crippen LogP contribution in [0.25, 0.3) is 0 Å². The van der Waals surface area contributed by atoms with Crippen LogP contribution in [-0.4, -0.2) is 66.4 Å². The molecule has 0 aliphatic carbocycles. The second-order valence-corrected chi connectivity index (χ2v) is 14.0. The first-order chi connectivity index (χ1) is 26.1. The molecule has 4 heterocycles. The van der Waals surface area contributed by atoms with Gasteiger partial charge in [-0.25, -0.2) is 0 Å². The zero-order valence-corrected chi connectivity index (χ0v) is 30.6. The van der Waals surface area contributed by atoms with E-state index in [2.05, 4.69) is 16.1 Å². The van der Waals surface area contributed by atoms with Crippen LogP contribution in [0, 0.1) is 13.8 Å². The van der Waals surface area contributed by atoms with Crippen LogP contribution in [0.15, 0.2) is 82.8 Å². The molecule has 0 saturated heterocycles. The molecule has 8 rings (SSSR count). The molecule has 11 nitrogen and oxygen atoms in total. The van der Waals surface area contributed by atoms with Crippen LogP contribution in [0.4, 0.5) is 22.7 Å². The summed E-state index contributed by atoms with van der Waals surface area (Å²) in [5.74, 6) is 0.583. The molecule has 276 valence electrons. The minimum Gasteiger partial charge on any atom is -0.493 e. The third kappa shape index (κ3) is 7.39. The molecule has 1 N–H and O–H groups in total. The molecule has 4 aromatic rings. The largest absolute Gasteiger partial charge is 0.493 e. The lowest BCUT2D eigenvalue weighted by Crippen LogP contribution is -2.37. The summed E-state index contributed by atoms with van der Waals surface area (Å²) < 4.78 is 11.5. The summed E-state index contributed by atoms with van der Waals surface area (Å²) in [4.78, 5) is 61.0. The first-order valence-electron chi connectivity index (χ1n) is 18.3. The maximum absolute atomic E-state index is 13.2. The Morgan fingerprint density at radius 3 is 1.59 bits per heavy atom. The number of rotatable bonds is 10. The number of hydrogen-bond donors (Lipinski definition) is 1. The van der Waals surface area contributed by atoms with E-state index in [0.29, 0.717) is 66.5 Å². The minimum atomic E-state index is -0.840. The number of ether oxygens (including phenoxy) is 2. The number of carboxylic acid groups (broad SMARTS) is 1. The van der Waals surface area contributed by atoms with Crippen molar-refractivity contribution in [3.8, 4) is 11.5 Å². The Bertz CT molecular complexity index is 2050. The summed E-state index contributed by atoms with van der Waals surface area (Å²) in [5, 5.41) is 8.72. The Balaban J connectivity index is 0.000000167. The fourth-order valence-electron chi connectivity index (χ4n) is 7.31. The van der Waals surface area contributed by atoms with Crippen molar-refractivity contribution >= 4 is 58.7 Å². The molecule has 0 fully saturated rings. The number of anilines is 2. The van der Waals surface area contributed by atoms with E-state index in [-0.39, 0.29) is 36.1 Å². The highest BCUT2D eigenvalue weighted by Crippen LogP contribution is 2.40. The number of nitrogens with zero attached hydrogens (tertiary/aromatic N) is 4. The van der Waals surface area contributed by atoms with Crippen LogP contribution < -0.4 is 19.3 Å². The molecule has 4 aliphatic rings. The number of amides is 2. The Morgan fingerprint density at radius 2 is 1.15 bits per heavy atom. The van der Waals surface area contributed by atoms with Gasteiger partial charge in [-0.1, -0.05) is 36.4 Å². The van der Waals surface area contributed by atoms with Crippen LogP contribution in [0.3, 0.4) is 0 Å². The van der Waals surface area contributed by atoms with Crippen LogP contribution in [0.1, 0.15) is 75.6 Å². The maximum Gasteiger partial charge on any atom is 0.303 e. The van der Waals surface area contributed by atoms with Crippen LogP contribution >= 0.6 is 0 Å². The van der Waals surface area contributed by atoms with Gasteiger partial charge in [0.05, 0.1) is 47.8 Å². The van der Waals surface area contributed by atoms with Gasteiger partial charge in [-0.2, -0.15) is 0 Å². The molecule has 2 unspecified atom stereocenters. The van der Waals surface area contributed by atoms with E-state index in [0.717, 1.165) is 40.9 Å². The van der Waals surface area contributed by atoms with Crippen molar-refractivity contribution in [2.75, 3.05) is 23.0 Å². The first kappa shape index (κ1) is 36.3. The Labute approximate surface area is 313 Å². The average molecular weight is 727 g/mol. The molecule has 2 amide bonds. The quantitative estimate of drug-likeness (QED) is 0.167. The molecule has 0 saturated carbocycles. The van der Waals surface area contributed by atoms with Crippen molar-refractivity contribution in [1.29, 1.82) is 0 Å². The lowest BCUT2D eigenvalue weighted by molar-refractivity contribution is -0.137. The minimum absolute atomic E-state index is 0.0244. The summed E-state index contributed by atoms with van der Waals surface area (Å²) in [6, 6.07) is 23.1. The normalized spacial score (nSPS) is 17.2. The number of para-hydroxylation sites is 2. The molecule has 11 heteroatoms. The monoisotopic (exact) mass is 726 g/mol. The van der Waals surface area contributed by atoms with Gasteiger partial charge in [0.25, 0.3) is 11.8 Å². The van der Waals surface area contributed by atoms with E-state index in [1.54, 1.807) is 13.0 Å². The summed E-state index contributed by atoms with van der Waals surface area (Å²) in [6.07, 6.45) is 6.92. The van der Waals surface area contributed by atoms with E-state index in [1.807, 2.05) is 96.7 Å². The van der Waals surface area contributed by atoms with Crippen LogP contribution in [0.5, 0.6) is 11.5 Å². The fraction of sp³-hybridized carbons (Fsp3) is 0.302. The van der Waals surface area contributed by atoms with E-state index in [1.165, 1.54) is 5.56 Å². The third-order valence-corrected chi connectivity index (χ3v) is 10.0. The summed E-state index contributed by atoms with van der Waals surface area (Å²) in [6.45, 7) is 6.17. The van der Waals surface area contributed by atoms with Crippen molar-refractivity contribution in [3.63, 3.8) is 0 Å². The van der Waals surface area contributed by atoms with Gasteiger partial charge in [-0.15, -0.1) is 0 Å². The predicted octanol–water partition coefficient (Wildman–Crippen LogP) is 7.56. The molecule has 4 aliphatic heterocycles. The number of hydrogen-bond acceptors (Lipinski definition) is 8. The average Bonchev–Trinajstić information content (AvgIpc) is 3.64. The number of carbonyl (C=O) groups excluding carboxylic acids is 3. The number of benzene rings is 4. The van der Waals surface area contributed by atoms with E-state index >= 15 is 0 Å². The van der Waals surface area contributed by atoms with E-state index < -0.39 is 5.97 Å². The van der Waals surface area contributed by atoms with Crippen LogP contribution in [-0.2, 0) is 22.4 Å². The van der Waals surface area contributed by atoms with Crippen LogP contribution in [0.2, 0.25) is 0 Å². The van der Waals surface area contributed by atoms with Gasteiger partial charge in [0, 0.05) is 61.6 Å². The molecule has 4 aromatic carbocycles. The Kier molecular flexibility index (Phi) is 10.4. The molecule has 2 atom stereocenters. The third-order valence-electron chi connectivity index (χ3n) is 10.0. The maximum atomic E-state index is 13.2. The number of aliphatic imine (C=N–C) groups is 2. The molecule has 0 bridgehead atoms. The highest BCUT2D eigenvalue weighted by Gasteiger charge is 2.37. The zero-order chi connectivity index (χ0) is 37.9. The summed E-state index contributed by atoms with van der Waals surface area (Å²) in [7, 11) is 0. The smallest absolute Gasteiger partial charge is 0.303 e. The second kappa shape index (κ2) is 15.5. The van der Waals surface area contributed by atoms with E-state index in [4.69, 9.17) is 14.6 Å². The van der Waals surface area contributed by atoms with E-state index in [9.17, 15) is 19.2 Å².